The second-order valence-corrected chi connectivity index (χ2v) is 11.7. The molecule has 3 aromatic carbocycles. The summed E-state index contributed by atoms with van der Waals surface area (Å²) in [5, 5.41) is 2.89. The predicted octanol–water partition coefficient (Wildman–Crippen LogP) is 4.39. The van der Waals surface area contributed by atoms with Gasteiger partial charge in [-0.3, -0.25) is 13.9 Å². The molecule has 0 radical (unpaired) electrons. The maximum absolute atomic E-state index is 14.0. The van der Waals surface area contributed by atoms with Crippen molar-refractivity contribution in [1.82, 2.24) is 10.2 Å². The summed E-state index contributed by atoms with van der Waals surface area (Å²) >= 11 is 0. The van der Waals surface area contributed by atoms with Crippen molar-refractivity contribution in [3.63, 3.8) is 0 Å². The molecule has 0 aromatic heterocycles. The largest absolute Gasteiger partial charge is 0.497 e. The van der Waals surface area contributed by atoms with Gasteiger partial charge in [-0.2, -0.15) is 0 Å². The summed E-state index contributed by atoms with van der Waals surface area (Å²) in [7, 11) is -2.64. The van der Waals surface area contributed by atoms with Crippen LogP contribution in [0.1, 0.15) is 31.9 Å². The Balaban J connectivity index is 2.03. The first-order valence-electron chi connectivity index (χ1n) is 12.9. The Bertz CT molecular complexity index is 1380. The fourth-order valence-corrected chi connectivity index (χ4v) is 5.45. The number of hydrogen-bond acceptors (Lipinski definition) is 5. The number of nitrogens with one attached hydrogen (secondary N) is 1. The minimum absolute atomic E-state index is 0.0498. The molecule has 3 rings (SSSR count). The van der Waals surface area contributed by atoms with Crippen molar-refractivity contribution in [2.24, 2.45) is 5.92 Å². The van der Waals surface area contributed by atoms with Crippen molar-refractivity contribution < 1.29 is 22.7 Å². The third-order valence-corrected chi connectivity index (χ3v) is 8.19. The molecule has 0 spiro atoms. The van der Waals surface area contributed by atoms with Crippen molar-refractivity contribution in [1.29, 1.82) is 0 Å². The van der Waals surface area contributed by atoms with Gasteiger partial charge in [0.05, 0.1) is 17.7 Å². The third kappa shape index (κ3) is 7.60. The zero-order valence-electron chi connectivity index (χ0n) is 23.1. The fraction of sp³-hybridized carbons (Fsp3) is 0.333. The minimum atomic E-state index is -4.13. The van der Waals surface area contributed by atoms with E-state index < -0.39 is 28.5 Å². The van der Waals surface area contributed by atoms with Crippen molar-refractivity contribution in [2.45, 2.75) is 45.2 Å². The molecule has 0 aliphatic heterocycles. The number of methoxy groups -OCH3 is 1. The van der Waals surface area contributed by atoms with Crippen LogP contribution in [-0.2, 0) is 26.2 Å². The molecule has 0 aliphatic rings. The van der Waals surface area contributed by atoms with Crippen molar-refractivity contribution >= 4 is 27.5 Å². The number of rotatable bonds is 12. The Morgan fingerprint density at radius 3 is 2.23 bits per heavy atom. The molecule has 9 heteroatoms. The highest BCUT2D eigenvalue weighted by molar-refractivity contribution is 7.92. The summed E-state index contributed by atoms with van der Waals surface area (Å²) in [5.41, 5.74) is 2.11. The fourth-order valence-electron chi connectivity index (χ4n) is 4.02. The number of hydrogen-bond donors (Lipinski definition) is 1. The van der Waals surface area contributed by atoms with Crippen LogP contribution in [0.2, 0.25) is 0 Å². The van der Waals surface area contributed by atoms with Gasteiger partial charge in [-0.25, -0.2) is 8.42 Å². The number of carbonyl (C=O) groups is 2. The summed E-state index contributed by atoms with van der Waals surface area (Å²) < 4.78 is 34.0. The van der Waals surface area contributed by atoms with E-state index in [0.29, 0.717) is 12.3 Å². The molecular weight excluding hydrogens is 514 g/mol. The second kappa shape index (κ2) is 13.3. The summed E-state index contributed by atoms with van der Waals surface area (Å²) in [4.78, 5) is 28.5. The van der Waals surface area contributed by atoms with E-state index in [1.807, 2.05) is 45.0 Å². The van der Waals surface area contributed by atoms with Gasteiger partial charge in [-0.15, -0.1) is 0 Å². The molecular formula is C30H37N3O5S. The van der Waals surface area contributed by atoms with Crippen LogP contribution in [0.25, 0.3) is 0 Å². The van der Waals surface area contributed by atoms with E-state index >= 15 is 0 Å². The van der Waals surface area contributed by atoms with Crippen LogP contribution in [0.5, 0.6) is 5.75 Å². The molecule has 0 saturated heterocycles. The Kier molecular flexibility index (Phi) is 10.1. The lowest BCUT2D eigenvalue weighted by Gasteiger charge is -2.32. The van der Waals surface area contributed by atoms with E-state index in [1.165, 1.54) is 24.1 Å². The highest BCUT2D eigenvalue weighted by Gasteiger charge is 2.32. The van der Waals surface area contributed by atoms with Crippen LogP contribution < -0.4 is 14.4 Å². The summed E-state index contributed by atoms with van der Waals surface area (Å²) in [6.45, 7) is 7.69. The molecule has 0 heterocycles. The molecule has 1 atom stereocenters. The van der Waals surface area contributed by atoms with Crippen LogP contribution >= 0.6 is 0 Å². The molecule has 0 saturated carbocycles. The van der Waals surface area contributed by atoms with Crippen LogP contribution in [0.15, 0.2) is 83.8 Å². The topological polar surface area (TPSA) is 96.0 Å². The van der Waals surface area contributed by atoms with E-state index in [-0.39, 0.29) is 29.0 Å². The summed E-state index contributed by atoms with van der Waals surface area (Å²) in [5.74, 6) is -0.120. The summed E-state index contributed by atoms with van der Waals surface area (Å²) in [6, 6.07) is 21.3. The quantitative estimate of drug-likeness (QED) is 0.360. The minimum Gasteiger partial charge on any atom is -0.497 e. The molecule has 0 bridgehead atoms. The number of ether oxygens (including phenoxy) is 1. The first-order valence-corrected chi connectivity index (χ1v) is 14.3. The average Bonchev–Trinajstić information content (AvgIpc) is 2.94. The monoisotopic (exact) mass is 551 g/mol. The molecule has 0 fully saturated rings. The number of anilines is 1. The number of benzene rings is 3. The van der Waals surface area contributed by atoms with E-state index in [4.69, 9.17) is 4.74 Å². The lowest BCUT2D eigenvalue weighted by Crippen LogP contribution is -2.51. The number of carbonyl (C=O) groups excluding carboxylic acids is 2. The molecule has 3 aromatic rings. The van der Waals surface area contributed by atoms with Gasteiger partial charge >= 0.3 is 0 Å². The van der Waals surface area contributed by atoms with Crippen LogP contribution in [0.4, 0.5) is 5.69 Å². The van der Waals surface area contributed by atoms with Gasteiger partial charge in [0.2, 0.25) is 11.8 Å². The van der Waals surface area contributed by atoms with E-state index in [0.717, 1.165) is 15.4 Å². The highest BCUT2D eigenvalue weighted by atomic mass is 32.2. The Labute approximate surface area is 231 Å². The van der Waals surface area contributed by atoms with E-state index in [1.54, 1.807) is 49.4 Å². The van der Waals surface area contributed by atoms with E-state index in [2.05, 4.69) is 5.32 Å². The van der Waals surface area contributed by atoms with Gasteiger partial charge in [0.15, 0.2) is 0 Å². The van der Waals surface area contributed by atoms with Gasteiger partial charge in [0.25, 0.3) is 10.0 Å². The zero-order chi connectivity index (χ0) is 28.6. The maximum atomic E-state index is 14.0. The van der Waals surface area contributed by atoms with Crippen molar-refractivity contribution in [2.75, 3.05) is 24.5 Å². The van der Waals surface area contributed by atoms with E-state index in [9.17, 15) is 18.0 Å². The Morgan fingerprint density at radius 2 is 1.59 bits per heavy atom. The molecule has 1 unspecified atom stereocenters. The van der Waals surface area contributed by atoms with Crippen molar-refractivity contribution in [3.05, 3.63) is 90.0 Å². The molecule has 0 aliphatic carbocycles. The first kappa shape index (κ1) is 29.7. The molecule has 208 valence electrons. The molecule has 39 heavy (non-hydrogen) atoms. The first-order chi connectivity index (χ1) is 18.5. The lowest BCUT2D eigenvalue weighted by molar-refractivity contribution is -0.139. The van der Waals surface area contributed by atoms with Crippen LogP contribution in [0.3, 0.4) is 0 Å². The van der Waals surface area contributed by atoms with Gasteiger partial charge in [0, 0.05) is 19.2 Å². The van der Waals surface area contributed by atoms with Crippen molar-refractivity contribution in [3.8, 4) is 5.75 Å². The smallest absolute Gasteiger partial charge is 0.264 e. The number of aryl methyl sites for hydroxylation is 1. The maximum Gasteiger partial charge on any atom is 0.264 e. The van der Waals surface area contributed by atoms with Crippen LogP contribution in [0, 0.1) is 12.8 Å². The normalized spacial score (nSPS) is 12.1. The van der Waals surface area contributed by atoms with Crippen LogP contribution in [-0.4, -0.2) is 51.4 Å². The van der Waals surface area contributed by atoms with Gasteiger partial charge in [0.1, 0.15) is 18.3 Å². The van der Waals surface area contributed by atoms with Gasteiger partial charge < -0.3 is 15.0 Å². The SMILES string of the molecule is COc1cccc(N(CC(=O)N(Cc2ccccc2C)C(C)C(=O)NCC(C)C)S(=O)(=O)c2ccccc2)c1. The third-order valence-electron chi connectivity index (χ3n) is 6.41. The lowest BCUT2D eigenvalue weighted by atomic mass is 10.1. The Morgan fingerprint density at radius 1 is 0.923 bits per heavy atom. The standard InChI is InChI=1S/C30H37N3O5S/c1-22(2)19-31-30(35)24(4)32(20-25-13-10-9-12-23(25)3)29(34)21-33(26-14-11-15-27(18-26)38-5)39(36,37)28-16-7-6-8-17-28/h6-18,22,24H,19-21H2,1-5H3,(H,31,35). The van der Waals surface area contributed by atoms with Gasteiger partial charge in [-0.1, -0.05) is 62.4 Å². The zero-order valence-corrected chi connectivity index (χ0v) is 23.9. The highest BCUT2D eigenvalue weighted by Crippen LogP contribution is 2.27. The number of amides is 2. The number of sulfonamides is 1. The average molecular weight is 552 g/mol. The molecule has 8 nitrogen and oxygen atoms in total. The Hall–Kier alpha value is -3.85. The second-order valence-electron chi connectivity index (χ2n) is 9.79. The van der Waals surface area contributed by atoms with Gasteiger partial charge in [-0.05, 0) is 55.2 Å². The number of nitrogens with zero attached hydrogens (tertiary/aromatic N) is 2. The summed E-state index contributed by atoms with van der Waals surface area (Å²) in [6.07, 6.45) is 0. The predicted molar refractivity (Wildman–Crippen MR) is 153 cm³/mol. The molecule has 1 N–H and O–H groups in total. The molecule has 2 amide bonds.